The summed E-state index contributed by atoms with van der Waals surface area (Å²) >= 11 is 0. The molecule has 0 bridgehead atoms. The van der Waals surface area contributed by atoms with Crippen molar-refractivity contribution in [3.05, 3.63) is 35.6 Å². The van der Waals surface area contributed by atoms with Crippen molar-refractivity contribution < 1.29 is 27.4 Å². The summed E-state index contributed by atoms with van der Waals surface area (Å²) < 4.78 is 54.2. The van der Waals surface area contributed by atoms with Crippen LogP contribution >= 0.6 is 0 Å². The van der Waals surface area contributed by atoms with Crippen molar-refractivity contribution in [2.24, 2.45) is 5.73 Å². The van der Waals surface area contributed by atoms with E-state index < -0.39 is 30.7 Å². The van der Waals surface area contributed by atoms with Crippen molar-refractivity contribution in [2.75, 3.05) is 19.8 Å². The summed E-state index contributed by atoms with van der Waals surface area (Å²) in [6, 6.07) is 5.47. The number of alkyl halides is 3. The predicted octanol–water partition coefficient (Wildman–Crippen LogP) is 1.94. The minimum atomic E-state index is -4.48. The van der Waals surface area contributed by atoms with E-state index in [4.69, 9.17) is 10.8 Å². The third kappa shape index (κ3) is 4.77. The third-order valence-electron chi connectivity index (χ3n) is 2.59. The van der Waals surface area contributed by atoms with E-state index in [2.05, 4.69) is 4.74 Å². The molecule has 1 aromatic rings. The first-order valence-corrected chi connectivity index (χ1v) is 5.58. The molecule has 108 valence electrons. The van der Waals surface area contributed by atoms with E-state index in [9.17, 15) is 17.6 Å². The second kappa shape index (κ2) is 6.31. The number of aliphatic hydroxyl groups is 1. The highest BCUT2D eigenvalue weighted by atomic mass is 19.4. The Hall–Kier alpha value is -1.18. The Kier molecular flexibility index (Phi) is 5.28. The van der Waals surface area contributed by atoms with E-state index in [0.29, 0.717) is 0 Å². The number of halogens is 4. The van der Waals surface area contributed by atoms with E-state index in [0.717, 1.165) is 6.07 Å². The average Bonchev–Trinajstić information content (AvgIpc) is 2.28. The van der Waals surface area contributed by atoms with Crippen molar-refractivity contribution in [2.45, 2.75) is 18.1 Å². The first-order valence-electron chi connectivity index (χ1n) is 5.58. The van der Waals surface area contributed by atoms with Gasteiger partial charge in [-0.3, -0.25) is 0 Å². The standard InChI is InChI=1S/C12H15F4NO2/c13-10-4-2-1-3-9(10)11(17,5-6-18)7-19-8-12(14,15)16/h1-4,18H,5-8,17H2/t11-/m1/s1. The summed E-state index contributed by atoms with van der Waals surface area (Å²) in [7, 11) is 0. The zero-order valence-corrected chi connectivity index (χ0v) is 10.1. The van der Waals surface area contributed by atoms with Gasteiger partial charge in [0.15, 0.2) is 0 Å². The maximum atomic E-state index is 13.6. The highest BCUT2D eigenvalue weighted by molar-refractivity contribution is 5.26. The smallest absolute Gasteiger partial charge is 0.396 e. The molecular formula is C12H15F4NO2. The van der Waals surface area contributed by atoms with Crippen LogP contribution in [0, 0.1) is 5.82 Å². The van der Waals surface area contributed by atoms with Crippen molar-refractivity contribution in [1.82, 2.24) is 0 Å². The number of hydrogen-bond acceptors (Lipinski definition) is 3. The van der Waals surface area contributed by atoms with E-state index in [1.54, 1.807) is 0 Å². The van der Waals surface area contributed by atoms with Crippen LogP contribution < -0.4 is 5.73 Å². The Morgan fingerprint density at radius 1 is 1.16 bits per heavy atom. The summed E-state index contributed by atoms with van der Waals surface area (Å²) in [5, 5.41) is 8.93. The molecule has 0 heterocycles. The zero-order valence-electron chi connectivity index (χ0n) is 10.1. The SMILES string of the molecule is N[C@](CCO)(COCC(F)(F)F)c1ccccc1F. The molecule has 1 rings (SSSR count). The minimum absolute atomic E-state index is 0.0197. The number of nitrogens with two attached hydrogens (primary N) is 1. The zero-order chi connectivity index (χ0) is 14.5. The van der Waals surface area contributed by atoms with Crippen molar-refractivity contribution in [1.29, 1.82) is 0 Å². The highest BCUT2D eigenvalue weighted by Crippen LogP contribution is 2.26. The molecule has 0 aliphatic carbocycles. The molecule has 0 fully saturated rings. The molecule has 0 saturated carbocycles. The number of hydrogen-bond donors (Lipinski definition) is 2. The Morgan fingerprint density at radius 2 is 1.79 bits per heavy atom. The molecule has 0 aliphatic rings. The van der Waals surface area contributed by atoms with E-state index in [-0.39, 0.29) is 18.6 Å². The maximum absolute atomic E-state index is 13.6. The summed E-state index contributed by atoms with van der Waals surface area (Å²) in [6.07, 6.45) is -4.58. The monoisotopic (exact) mass is 281 g/mol. The van der Waals surface area contributed by atoms with Crippen LogP contribution in [0.2, 0.25) is 0 Å². The normalized spacial score (nSPS) is 15.3. The van der Waals surface area contributed by atoms with Crippen LogP contribution in [0.3, 0.4) is 0 Å². The quantitative estimate of drug-likeness (QED) is 0.783. The average molecular weight is 281 g/mol. The van der Waals surface area contributed by atoms with Crippen LogP contribution in [0.4, 0.5) is 17.6 Å². The van der Waals surface area contributed by atoms with Gasteiger partial charge in [-0.05, 0) is 12.5 Å². The van der Waals surface area contributed by atoms with E-state index in [1.165, 1.54) is 18.2 Å². The van der Waals surface area contributed by atoms with Gasteiger partial charge < -0.3 is 15.6 Å². The fraction of sp³-hybridized carbons (Fsp3) is 0.500. The van der Waals surface area contributed by atoms with Crippen LogP contribution in [0.1, 0.15) is 12.0 Å². The summed E-state index contributed by atoms with van der Waals surface area (Å²) in [5.74, 6) is -0.644. The molecule has 3 nitrogen and oxygen atoms in total. The Balaban J connectivity index is 2.83. The predicted molar refractivity (Wildman–Crippen MR) is 60.8 cm³/mol. The molecular weight excluding hydrogens is 266 g/mol. The fourth-order valence-corrected chi connectivity index (χ4v) is 1.70. The molecule has 3 N–H and O–H groups in total. The lowest BCUT2D eigenvalue weighted by Gasteiger charge is -2.29. The van der Waals surface area contributed by atoms with Gasteiger partial charge in [-0.1, -0.05) is 18.2 Å². The molecule has 0 radical (unpaired) electrons. The Labute approximate surface area is 108 Å². The number of aliphatic hydroxyl groups excluding tert-OH is 1. The molecule has 0 unspecified atom stereocenters. The van der Waals surface area contributed by atoms with Gasteiger partial charge >= 0.3 is 6.18 Å². The number of rotatable bonds is 6. The second-order valence-electron chi connectivity index (χ2n) is 4.22. The van der Waals surface area contributed by atoms with Crippen molar-refractivity contribution >= 4 is 0 Å². The second-order valence-corrected chi connectivity index (χ2v) is 4.22. The molecule has 0 amide bonds. The third-order valence-corrected chi connectivity index (χ3v) is 2.59. The molecule has 19 heavy (non-hydrogen) atoms. The van der Waals surface area contributed by atoms with E-state index >= 15 is 0 Å². The van der Waals surface area contributed by atoms with Gasteiger partial charge in [0, 0.05) is 12.2 Å². The number of benzene rings is 1. The van der Waals surface area contributed by atoms with Crippen molar-refractivity contribution in [3.8, 4) is 0 Å². The lowest BCUT2D eigenvalue weighted by Crippen LogP contribution is -2.44. The Bertz CT molecular complexity index is 411. The molecule has 1 aromatic carbocycles. The van der Waals surface area contributed by atoms with Gasteiger partial charge in [0.1, 0.15) is 12.4 Å². The van der Waals surface area contributed by atoms with E-state index in [1.807, 2.05) is 0 Å². The maximum Gasteiger partial charge on any atom is 0.411 e. The molecule has 0 aliphatic heterocycles. The van der Waals surface area contributed by atoms with Gasteiger partial charge in [-0.2, -0.15) is 13.2 Å². The molecule has 0 aromatic heterocycles. The van der Waals surface area contributed by atoms with Crippen LogP contribution in [0.5, 0.6) is 0 Å². The molecule has 1 atom stereocenters. The minimum Gasteiger partial charge on any atom is -0.396 e. The first kappa shape index (κ1) is 15.9. The first-order chi connectivity index (χ1) is 8.78. The highest BCUT2D eigenvalue weighted by Gasteiger charge is 2.33. The molecule has 0 spiro atoms. The summed E-state index contributed by atoms with van der Waals surface area (Å²) in [4.78, 5) is 0. The molecule has 7 heteroatoms. The summed E-state index contributed by atoms with van der Waals surface area (Å²) in [6.45, 7) is -2.39. The lowest BCUT2D eigenvalue weighted by atomic mass is 9.88. The van der Waals surface area contributed by atoms with Crippen LogP contribution in [0.15, 0.2) is 24.3 Å². The Morgan fingerprint density at radius 3 is 2.32 bits per heavy atom. The van der Waals surface area contributed by atoms with Crippen LogP contribution in [-0.4, -0.2) is 31.1 Å². The fourth-order valence-electron chi connectivity index (χ4n) is 1.70. The molecule has 0 saturated heterocycles. The van der Waals surface area contributed by atoms with Gasteiger partial charge in [0.05, 0.1) is 12.1 Å². The largest absolute Gasteiger partial charge is 0.411 e. The van der Waals surface area contributed by atoms with Gasteiger partial charge in [0.2, 0.25) is 0 Å². The van der Waals surface area contributed by atoms with Crippen LogP contribution in [-0.2, 0) is 10.3 Å². The van der Waals surface area contributed by atoms with Crippen molar-refractivity contribution in [3.63, 3.8) is 0 Å². The summed E-state index contributed by atoms with van der Waals surface area (Å²) in [5.41, 5.74) is 4.39. The van der Waals surface area contributed by atoms with Crippen LogP contribution in [0.25, 0.3) is 0 Å². The topological polar surface area (TPSA) is 55.5 Å². The van der Waals surface area contributed by atoms with Gasteiger partial charge in [-0.15, -0.1) is 0 Å². The lowest BCUT2D eigenvalue weighted by molar-refractivity contribution is -0.178. The number of ether oxygens (including phenoxy) is 1. The van der Waals surface area contributed by atoms with Gasteiger partial charge in [0.25, 0.3) is 0 Å². The van der Waals surface area contributed by atoms with Gasteiger partial charge in [-0.25, -0.2) is 4.39 Å².